The molecule has 1 aliphatic heterocycles. The van der Waals surface area contributed by atoms with E-state index < -0.39 is 11.1 Å². The van der Waals surface area contributed by atoms with E-state index in [4.69, 9.17) is 0 Å². The molecule has 16 heavy (non-hydrogen) atoms. The number of hydrogen-bond acceptors (Lipinski definition) is 3. The second-order valence-electron chi connectivity index (χ2n) is 3.20. The largest absolute Gasteiger partial charge is 1.00 e. The van der Waals surface area contributed by atoms with Gasteiger partial charge in [0.05, 0.1) is 5.91 Å². The topological polar surface area (TPSA) is 48.2 Å². The van der Waals surface area contributed by atoms with Crippen molar-refractivity contribution < 1.29 is 39.1 Å². The number of carbonyl (C=O) groups excluding carboxylic acids is 2. The molecule has 0 bridgehead atoms. The molecule has 1 saturated heterocycles. The Morgan fingerprint density at radius 2 is 1.81 bits per heavy atom. The van der Waals surface area contributed by atoms with Crippen molar-refractivity contribution >= 4 is 29.0 Å². The van der Waals surface area contributed by atoms with Crippen LogP contribution in [0.4, 0.5) is 4.79 Å². The third kappa shape index (κ3) is 3.22. The van der Waals surface area contributed by atoms with E-state index in [0.29, 0.717) is 4.91 Å². The summed E-state index contributed by atoms with van der Waals surface area (Å²) in [7, 11) is 0. The number of hydrogen-bond donors (Lipinski definition) is 0. The van der Waals surface area contributed by atoms with Crippen molar-refractivity contribution in [1.29, 1.82) is 0 Å². The first-order valence-corrected chi connectivity index (χ1v) is 5.23. The van der Waals surface area contributed by atoms with Gasteiger partial charge in [-0.05, 0) is 18.6 Å². The maximum atomic E-state index is 11.2. The van der Waals surface area contributed by atoms with Crippen LogP contribution in [0.25, 0.3) is 11.4 Å². The van der Waals surface area contributed by atoms with Gasteiger partial charge in [0.1, 0.15) is 5.24 Å². The Bertz CT molecular complexity index is 454. The number of thioether (sulfide) groups is 1. The Kier molecular flexibility index (Phi) is 4.80. The van der Waals surface area contributed by atoms with Crippen molar-refractivity contribution in [3.63, 3.8) is 0 Å². The van der Waals surface area contributed by atoms with E-state index in [1.54, 1.807) is 6.08 Å². The molecular weight excluding hydrogens is 233 g/mol. The molecule has 1 aliphatic rings. The van der Waals surface area contributed by atoms with E-state index in [0.717, 1.165) is 22.9 Å². The van der Waals surface area contributed by atoms with Crippen LogP contribution in [-0.2, 0) is 4.79 Å². The fraction of sp³-hybridized carbons (Fsp3) is 0.0909. The number of imide groups is 1. The summed E-state index contributed by atoms with van der Waals surface area (Å²) in [5.41, 5.74) is 2.06. The molecule has 0 atom stereocenters. The van der Waals surface area contributed by atoms with Crippen LogP contribution in [0.3, 0.4) is 0 Å². The Morgan fingerprint density at radius 3 is 2.31 bits per heavy atom. The van der Waals surface area contributed by atoms with E-state index in [1.165, 1.54) is 0 Å². The van der Waals surface area contributed by atoms with Gasteiger partial charge in [0.15, 0.2) is 0 Å². The van der Waals surface area contributed by atoms with Crippen LogP contribution < -0.4 is 29.6 Å². The van der Waals surface area contributed by atoms with Crippen LogP contribution >= 0.6 is 11.8 Å². The minimum Gasteiger partial charge on any atom is -0.581 e. The number of rotatable bonds is 1. The first-order chi connectivity index (χ1) is 7.15. The van der Waals surface area contributed by atoms with Crippen LogP contribution in [0.2, 0.25) is 0 Å². The van der Waals surface area contributed by atoms with Crippen molar-refractivity contribution in [3.8, 4) is 0 Å². The molecule has 1 aromatic rings. The zero-order valence-electron chi connectivity index (χ0n) is 9.06. The molecule has 76 valence electrons. The normalized spacial score (nSPS) is 17.2. The zero-order chi connectivity index (χ0) is 10.8. The van der Waals surface area contributed by atoms with Gasteiger partial charge in [0.2, 0.25) is 0 Å². The quantitative estimate of drug-likeness (QED) is 0.518. The fourth-order valence-electron chi connectivity index (χ4n) is 1.20. The Morgan fingerprint density at radius 1 is 1.19 bits per heavy atom. The molecule has 0 aliphatic carbocycles. The summed E-state index contributed by atoms with van der Waals surface area (Å²) in [5.74, 6) is -0.439. The van der Waals surface area contributed by atoms with Gasteiger partial charge in [-0.1, -0.05) is 41.6 Å². The molecule has 0 saturated carbocycles. The van der Waals surface area contributed by atoms with Gasteiger partial charge in [-0.15, -0.1) is 0 Å². The van der Waals surface area contributed by atoms with Crippen molar-refractivity contribution in [1.82, 2.24) is 0 Å². The van der Waals surface area contributed by atoms with Gasteiger partial charge in [0.25, 0.3) is 0 Å². The van der Waals surface area contributed by atoms with E-state index in [2.05, 4.69) is 5.32 Å². The van der Waals surface area contributed by atoms with Crippen LogP contribution in [-0.4, -0.2) is 11.1 Å². The predicted molar refractivity (Wildman–Crippen MR) is 60.5 cm³/mol. The van der Waals surface area contributed by atoms with Crippen molar-refractivity contribution in [3.05, 3.63) is 45.6 Å². The molecule has 0 N–H and O–H groups in total. The Labute approximate surface area is 120 Å². The van der Waals surface area contributed by atoms with Crippen molar-refractivity contribution in [2.24, 2.45) is 0 Å². The Balaban J connectivity index is 0.00000128. The Hall–Kier alpha value is -0.550. The van der Waals surface area contributed by atoms with Gasteiger partial charge in [-0.25, -0.2) is 0 Å². The number of nitrogens with zero attached hydrogens (tertiary/aromatic N) is 1. The average molecular weight is 241 g/mol. The van der Waals surface area contributed by atoms with E-state index in [-0.39, 0.29) is 29.6 Å². The molecule has 1 aromatic carbocycles. The third-order valence-electron chi connectivity index (χ3n) is 1.98. The number of amides is 2. The molecule has 2 rings (SSSR count). The maximum Gasteiger partial charge on any atom is 1.00 e. The zero-order valence-corrected chi connectivity index (χ0v) is 11.9. The van der Waals surface area contributed by atoms with Gasteiger partial charge in [-0.3, -0.25) is 0 Å². The predicted octanol–water partition coefficient (Wildman–Crippen LogP) is 0.107. The summed E-state index contributed by atoms with van der Waals surface area (Å²) >= 11 is 0.879. The SMILES string of the molecule is Cc1ccc(/C=C2\SC(=O)[N-]C2=O)cc1.[Na+]. The molecule has 5 heteroatoms. The molecule has 1 fully saturated rings. The van der Waals surface area contributed by atoms with Crippen LogP contribution in [0.1, 0.15) is 11.1 Å². The standard InChI is InChI=1S/C11H9NO2S.Na/c1-7-2-4-8(5-3-7)6-9-10(13)12-11(14)15-9;/h2-6H,1H3,(H,12,13,14);/q;+1/p-1/b9-6-;. The third-order valence-corrected chi connectivity index (χ3v) is 2.75. The monoisotopic (exact) mass is 241 g/mol. The summed E-state index contributed by atoms with van der Waals surface area (Å²) in [6.07, 6.45) is 1.68. The van der Waals surface area contributed by atoms with Crippen molar-refractivity contribution in [2.45, 2.75) is 6.92 Å². The molecule has 0 unspecified atom stereocenters. The summed E-state index contributed by atoms with van der Waals surface area (Å²) in [6, 6.07) is 7.71. The smallest absolute Gasteiger partial charge is 0.581 e. The first-order valence-electron chi connectivity index (χ1n) is 4.41. The van der Waals surface area contributed by atoms with Crippen molar-refractivity contribution in [2.75, 3.05) is 0 Å². The minimum atomic E-state index is -0.439. The van der Waals surface area contributed by atoms with Crippen LogP contribution in [0, 0.1) is 6.92 Å². The molecule has 0 aromatic heterocycles. The average Bonchev–Trinajstić information content (AvgIpc) is 2.49. The summed E-state index contributed by atoms with van der Waals surface area (Å²) < 4.78 is 0. The first kappa shape index (κ1) is 13.5. The second kappa shape index (κ2) is 5.68. The van der Waals surface area contributed by atoms with Gasteiger partial charge in [0, 0.05) is 4.91 Å². The molecule has 0 radical (unpaired) electrons. The molecular formula is C11H8NNaO2S. The molecule has 2 amide bonds. The number of aryl methyl sites for hydroxylation is 1. The molecule has 1 heterocycles. The van der Waals surface area contributed by atoms with Crippen LogP contribution in [0.5, 0.6) is 0 Å². The minimum absolute atomic E-state index is 0. The summed E-state index contributed by atoms with van der Waals surface area (Å²) in [4.78, 5) is 22.4. The van der Waals surface area contributed by atoms with Crippen LogP contribution in [0.15, 0.2) is 29.2 Å². The van der Waals surface area contributed by atoms with Gasteiger partial charge in [-0.2, -0.15) is 0 Å². The van der Waals surface area contributed by atoms with E-state index >= 15 is 0 Å². The second-order valence-corrected chi connectivity index (χ2v) is 4.20. The summed E-state index contributed by atoms with van der Waals surface area (Å²) in [5, 5.41) is 2.87. The van der Waals surface area contributed by atoms with Gasteiger partial charge < -0.3 is 14.9 Å². The summed E-state index contributed by atoms with van der Waals surface area (Å²) in [6.45, 7) is 1.99. The number of benzene rings is 1. The molecule has 3 nitrogen and oxygen atoms in total. The molecule has 0 spiro atoms. The van der Waals surface area contributed by atoms with Gasteiger partial charge >= 0.3 is 29.6 Å². The number of carbonyl (C=O) groups is 2. The fourth-order valence-corrected chi connectivity index (χ4v) is 1.85. The van der Waals surface area contributed by atoms with E-state index in [1.807, 2.05) is 31.2 Å². The van der Waals surface area contributed by atoms with E-state index in [9.17, 15) is 9.59 Å². The maximum absolute atomic E-state index is 11.2.